The van der Waals surface area contributed by atoms with Crippen LogP contribution < -0.4 is 0 Å². The smallest absolute Gasteiger partial charge is 0.183 e. The Balaban J connectivity index is 2.24. The summed E-state index contributed by atoms with van der Waals surface area (Å²) in [6.45, 7) is 2.08. The van der Waals surface area contributed by atoms with Crippen LogP contribution in [0.3, 0.4) is 0 Å². The van der Waals surface area contributed by atoms with E-state index in [1.165, 1.54) is 12.1 Å². The molecule has 3 unspecified atom stereocenters. The predicted molar refractivity (Wildman–Crippen MR) is 75.6 cm³/mol. The lowest BCUT2D eigenvalue weighted by Gasteiger charge is -2.32. The molecule has 0 radical (unpaired) electrons. The van der Waals surface area contributed by atoms with Gasteiger partial charge in [0.05, 0.1) is 16.2 Å². The highest BCUT2D eigenvalue weighted by molar-refractivity contribution is 7.92. The molecule has 1 aromatic carbocycles. The van der Waals surface area contributed by atoms with Crippen molar-refractivity contribution in [2.45, 2.75) is 55.3 Å². The van der Waals surface area contributed by atoms with Gasteiger partial charge in [-0.05, 0) is 49.4 Å². The van der Waals surface area contributed by atoms with Crippen molar-refractivity contribution in [3.63, 3.8) is 0 Å². The first-order valence-corrected chi connectivity index (χ1v) is 8.67. The Kier molecular flexibility index (Phi) is 4.81. The van der Waals surface area contributed by atoms with Crippen LogP contribution in [-0.2, 0) is 9.84 Å². The molecule has 1 aliphatic carbocycles. The highest BCUT2D eigenvalue weighted by Gasteiger charge is 2.38. The summed E-state index contributed by atoms with van der Waals surface area (Å²) >= 11 is 0. The third kappa shape index (κ3) is 3.20. The van der Waals surface area contributed by atoms with Gasteiger partial charge in [-0.1, -0.05) is 19.8 Å². The molecule has 0 aromatic heterocycles. The average Bonchev–Trinajstić information content (AvgIpc) is 2.41. The van der Waals surface area contributed by atoms with Crippen LogP contribution in [0.15, 0.2) is 29.2 Å². The molecule has 0 spiro atoms. The van der Waals surface area contributed by atoms with Crippen LogP contribution in [0, 0.1) is 11.7 Å². The van der Waals surface area contributed by atoms with Gasteiger partial charge in [0.25, 0.3) is 0 Å². The fourth-order valence-electron chi connectivity index (χ4n) is 3.00. The van der Waals surface area contributed by atoms with Crippen molar-refractivity contribution in [1.29, 1.82) is 0 Å². The number of halogens is 1. The molecule has 1 fully saturated rings. The van der Waals surface area contributed by atoms with Crippen molar-refractivity contribution >= 4 is 9.84 Å². The molecule has 1 N–H and O–H groups in total. The summed E-state index contributed by atoms with van der Waals surface area (Å²) in [5.41, 5.74) is 0. The lowest BCUT2D eigenvalue weighted by molar-refractivity contribution is 0.109. The minimum absolute atomic E-state index is 0.0973. The second-order valence-electron chi connectivity index (χ2n) is 5.57. The number of aliphatic hydroxyl groups is 1. The van der Waals surface area contributed by atoms with Crippen LogP contribution in [-0.4, -0.2) is 24.9 Å². The molecule has 20 heavy (non-hydrogen) atoms. The molecule has 0 saturated heterocycles. The monoisotopic (exact) mass is 300 g/mol. The standard InChI is InChI=1S/C15H21FO3S/c1-2-3-11-4-9-14(17)15(10-11)20(18,19)13-7-5-12(16)6-8-13/h5-8,11,14-15,17H,2-4,9-10H2,1H3. The van der Waals surface area contributed by atoms with Crippen LogP contribution >= 0.6 is 0 Å². The van der Waals surface area contributed by atoms with E-state index in [-0.39, 0.29) is 4.90 Å². The van der Waals surface area contributed by atoms with Gasteiger partial charge in [0.1, 0.15) is 5.82 Å². The maximum absolute atomic E-state index is 12.9. The normalized spacial score (nSPS) is 27.4. The number of sulfone groups is 1. The fraction of sp³-hybridized carbons (Fsp3) is 0.600. The Morgan fingerprint density at radius 1 is 1.25 bits per heavy atom. The zero-order chi connectivity index (χ0) is 14.8. The molecule has 5 heteroatoms. The third-order valence-electron chi connectivity index (χ3n) is 4.10. The van der Waals surface area contributed by atoms with Gasteiger partial charge in [0.15, 0.2) is 9.84 Å². The van der Waals surface area contributed by atoms with Gasteiger partial charge >= 0.3 is 0 Å². The Labute approximate surface area is 119 Å². The maximum atomic E-state index is 12.9. The number of benzene rings is 1. The van der Waals surface area contributed by atoms with E-state index in [9.17, 15) is 17.9 Å². The highest BCUT2D eigenvalue weighted by atomic mass is 32.2. The van der Waals surface area contributed by atoms with Gasteiger partial charge in [-0.3, -0.25) is 0 Å². The van der Waals surface area contributed by atoms with Crippen molar-refractivity contribution < 1.29 is 17.9 Å². The minimum atomic E-state index is -3.60. The zero-order valence-corrected chi connectivity index (χ0v) is 12.4. The number of hydrogen-bond donors (Lipinski definition) is 1. The molecule has 3 nitrogen and oxygen atoms in total. The molecule has 0 bridgehead atoms. The third-order valence-corrected chi connectivity index (χ3v) is 6.34. The summed E-state index contributed by atoms with van der Waals surface area (Å²) in [5, 5.41) is 9.29. The molecule has 0 amide bonds. The molecular formula is C15H21FO3S. The van der Waals surface area contributed by atoms with Crippen LogP contribution in [0.4, 0.5) is 4.39 Å². The average molecular weight is 300 g/mol. The lowest BCUT2D eigenvalue weighted by Crippen LogP contribution is -2.39. The van der Waals surface area contributed by atoms with Gasteiger partial charge in [0.2, 0.25) is 0 Å². The van der Waals surface area contributed by atoms with E-state index < -0.39 is 27.0 Å². The molecule has 0 heterocycles. The molecule has 1 saturated carbocycles. The van der Waals surface area contributed by atoms with Crippen molar-refractivity contribution in [1.82, 2.24) is 0 Å². The Morgan fingerprint density at radius 2 is 1.90 bits per heavy atom. The quantitative estimate of drug-likeness (QED) is 0.870. The number of hydrogen-bond acceptors (Lipinski definition) is 3. The van der Waals surface area contributed by atoms with Crippen LogP contribution in [0.2, 0.25) is 0 Å². The molecular weight excluding hydrogens is 279 g/mol. The summed E-state index contributed by atoms with van der Waals surface area (Å²) in [6.07, 6.45) is 3.08. The van der Waals surface area contributed by atoms with E-state index in [0.29, 0.717) is 18.8 Å². The number of rotatable bonds is 4. The van der Waals surface area contributed by atoms with E-state index in [2.05, 4.69) is 6.92 Å². The molecule has 1 aliphatic rings. The first-order chi connectivity index (χ1) is 9.45. The van der Waals surface area contributed by atoms with Gasteiger partial charge in [0, 0.05) is 0 Å². The fourth-order valence-corrected chi connectivity index (χ4v) is 4.94. The Bertz CT molecular complexity index is 539. The van der Waals surface area contributed by atoms with Crippen LogP contribution in [0.25, 0.3) is 0 Å². The van der Waals surface area contributed by atoms with Crippen molar-refractivity contribution in [3.8, 4) is 0 Å². The van der Waals surface area contributed by atoms with E-state index in [4.69, 9.17) is 0 Å². The second-order valence-corrected chi connectivity index (χ2v) is 7.74. The summed E-state index contributed by atoms with van der Waals surface area (Å²) in [7, 11) is -3.60. The van der Waals surface area contributed by atoms with Crippen LogP contribution in [0.5, 0.6) is 0 Å². The van der Waals surface area contributed by atoms with Gasteiger partial charge in [-0.2, -0.15) is 0 Å². The molecule has 3 atom stereocenters. The largest absolute Gasteiger partial charge is 0.392 e. The highest BCUT2D eigenvalue weighted by Crippen LogP contribution is 2.34. The summed E-state index contributed by atoms with van der Waals surface area (Å²) in [6, 6.07) is 4.85. The zero-order valence-electron chi connectivity index (χ0n) is 11.6. The maximum Gasteiger partial charge on any atom is 0.183 e. The van der Waals surface area contributed by atoms with Gasteiger partial charge < -0.3 is 5.11 Å². The van der Waals surface area contributed by atoms with Crippen molar-refractivity contribution in [3.05, 3.63) is 30.1 Å². The first kappa shape index (κ1) is 15.4. The van der Waals surface area contributed by atoms with Gasteiger partial charge in [-0.15, -0.1) is 0 Å². The second kappa shape index (κ2) is 6.22. The van der Waals surface area contributed by atoms with E-state index in [1.807, 2.05) is 0 Å². The Hall–Kier alpha value is -0.940. The molecule has 0 aliphatic heterocycles. The van der Waals surface area contributed by atoms with E-state index in [0.717, 1.165) is 31.4 Å². The molecule has 2 rings (SSSR count). The summed E-state index contributed by atoms with van der Waals surface area (Å²) < 4.78 is 38.1. The Morgan fingerprint density at radius 3 is 2.50 bits per heavy atom. The van der Waals surface area contributed by atoms with Gasteiger partial charge in [-0.25, -0.2) is 12.8 Å². The SMILES string of the molecule is CCCC1CCC(O)C(S(=O)(=O)c2ccc(F)cc2)C1. The number of aliphatic hydroxyl groups excluding tert-OH is 1. The lowest BCUT2D eigenvalue weighted by atomic mass is 9.84. The van der Waals surface area contributed by atoms with Crippen molar-refractivity contribution in [2.75, 3.05) is 0 Å². The minimum Gasteiger partial charge on any atom is -0.392 e. The predicted octanol–water partition coefficient (Wildman–Crippen LogP) is 2.93. The van der Waals surface area contributed by atoms with E-state index >= 15 is 0 Å². The molecule has 112 valence electrons. The molecule has 1 aromatic rings. The summed E-state index contributed by atoms with van der Waals surface area (Å²) in [5.74, 6) is -0.111. The van der Waals surface area contributed by atoms with E-state index in [1.54, 1.807) is 0 Å². The first-order valence-electron chi connectivity index (χ1n) is 7.12. The summed E-state index contributed by atoms with van der Waals surface area (Å²) in [4.78, 5) is 0.0973. The topological polar surface area (TPSA) is 54.4 Å². The van der Waals surface area contributed by atoms with Crippen LogP contribution in [0.1, 0.15) is 39.0 Å². The van der Waals surface area contributed by atoms with Crippen molar-refractivity contribution in [2.24, 2.45) is 5.92 Å².